The number of rotatable bonds is 8. The summed E-state index contributed by atoms with van der Waals surface area (Å²) in [6, 6.07) is 25.6. The van der Waals surface area contributed by atoms with Crippen LogP contribution in [0.3, 0.4) is 0 Å². The number of halogens is 5. The maximum atomic E-state index is 12.7. The SMILES string of the molecule is OB(O)Oc1c(F)c(F)c(F)c(F)c1F.c1ccc(N(C2CCCCC2)C2CCCCC2)cc1.c1ccc(N(C2CCCCC2)C2CCCCC2)cc1. The molecule has 0 spiro atoms. The van der Waals surface area contributed by atoms with Gasteiger partial charge in [0.2, 0.25) is 29.1 Å². The van der Waals surface area contributed by atoms with Gasteiger partial charge in [-0.1, -0.05) is 113 Å². The van der Waals surface area contributed by atoms with Gasteiger partial charge in [-0.15, -0.1) is 0 Å². The Labute approximate surface area is 312 Å². The Morgan fingerprint density at radius 3 is 0.943 bits per heavy atom. The molecule has 0 aliphatic heterocycles. The highest BCUT2D eigenvalue weighted by atomic mass is 19.2. The fourth-order valence-electron chi connectivity index (χ4n) is 8.87. The molecule has 0 heterocycles. The topological polar surface area (TPSA) is 56.2 Å². The van der Waals surface area contributed by atoms with Crippen LogP contribution in [-0.2, 0) is 0 Å². The Kier molecular flexibility index (Phi) is 16.2. The van der Waals surface area contributed by atoms with Crippen LogP contribution < -0.4 is 14.5 Å². The molecule has 4 saturated carbocycles. The second-order valence-electron chi connectivity index (χ2n) is 15.0. The molecular weight excluding hydrogens is 686 g/mol. The zero-order valence-electron chi connectivity index (χ0n) is 30.9. The van der Waals surface area contributed by atoms with Gasteiger partial charge in [-0.05, 0) is 75.6 Å². The highest BCUT2D eigenvalue weighted by Crippen LogP contribution is 2.36. The molecular formula is C42H56BF5N2O3. The van der Waals surface area contributed by atoms with E-state index >= 15 is 0 Å². The van der Waals surface area contributed by atoms with Crippen molar-refractivity contribution >= 4 is 18.7 Å². The van der Waals surface area contributed by atoms with Gasteiger partial charge in [0.15, 0.2) is 5.75 Å². The van der Waals surface area contributed by atoms with E-state index in [4.69, 9.17) is 10.0 Å². The van der Waals surface area contributed by atoms with Crippen molar-refractivity contribution in [2.75, 3.05) is 9.80 Å². The van der Waals surface area contributed by atoms with Gasteiger partial charge in [-0.3, -0.25) is 0 Å². The molecule has 4 fully saturated rings. The minimum atomic E-state index is -2.70. The van der Waals surface area contributed by atoms with E-state index in [1.54, 1.807) is 0 Å². The molecule has 3 aromatic carbocycles. The average molecular weight is 743 g/mol. The average Bonchev–Trinajstić information content (AvgIpc) is 3.21. The fourth-order valence-corrected chi connectivity index (χ4v) is 8.87. The first kappa shape index (κ1) is 40.9. The van der Waals surface area contributed by atoms with Crippen LogP contribution in [0.5, 0.6) is 5.75 Å². The molecule has 0 amide bonds. The Morgan fingerprint density at radius 1 is 0.415 bits per heavy atom. The number of hydrogen-bond acceptors (Lipinski definition) is 5. The predicted molar refractivity (Wildman–Crippen MR) is 202 cm³/mol. The second kappa shape index (κ2) is 21.0. The zero-order chi connectivity index (χ0) is 37.6. The molecule has 0 bridgehead atoms. The first-order valence-corrected chi connectivity index (χ1v) is 20.0. The molecule has 3 aromatic rings. The molecule has 290 valence electrons. The van der Waals surface area contributed by atoms with Crippen molar-refractivity contribution in [1.82, 2.24) is 0 Å². The van der Waals surface area contributed by atoms with Gasteiger partial charge in [0.1, 0.15) is 0 Å². The van der Waals surface area contributed by atoms with E-state index in [9.17, 15) is 22.0 Å². The van der Waals surface area contributed by atoms with Crippen molar-refractivity contribution in [2.45, 2.75) is 153 Å². The fraction of sp³-hybridized carbons (Fsp3) is 0.571. The normalized spacial score (nSPS) is 18.9. The zero-order valence-corrected chi connectivity index (χ0v) is 30.9. The van der Waals surface area contributed by atoms with E-state index in [1.807, 2.05) is 0 Å². The summed E-state index contributed by atoms with van der Waals surface area (Å²) in [6.07, 6.45) is 28.5. The summed E-state index contributed by atoms with van der Waals surface area (Å²) >= 11 is 0. The lowest BCUT2D eigenvalue weighted by Gasteiger charge is -2.43. The summed E-state index contributed by atoms with van der Waals surface area (Å²) in [7, 11) is -2.70. The predicted octanol–water partition coefficient (Wildman–Crippen LogP) is 11.0. The highest BCUT2D eigenvalue weighted by Gasteiger charge is 2.31. The van der Waals surface area contributed by atoms with Gasteiger partial charge in [0, 0.05) is 35.5 Å². The number of anilines is 2. The Hall–Kier alpha value is -3.31. The van der Waals surface area contributed by atoms with Crippen molar-refractivity contribution in [2.24, 2.45) is 0 Å². The third-order valence-electron chi connectivity index (χ3n) is 11.4. The summed E-state index contributed by atoms with van der Waals surface area (Å²) in [5.41, 5.74) is 2.95. The quantitative estimate of drug-likeness (QED) is 0.104. The molecule has 0 saturated heterocycles. The van der Waals surface area contributed by atoms with E-state index in [0.717, 1.165) is 24.2 Å². The Morgan fingerprint density at radius 2 is 0.679 bits per heavy atom. The lowest BCUT2D eigenvalue weighted by molar-refractivity contribution is 0.263. The number of nitrogens with zero attached hydrogens (tertiary/aromatic N) is 2. The third kappa shape index (κ3) is 11.4. The molecule has 4 aliphatic rings. The minimum Gasteiger partial charge on any atom is -0.507 e. The van der Waals surface area contributed by atoms with Crippen LogP contribution in [0.15, 0.2) is 60.7 Å². The van der Waals surface area contributed by atoms with Gasteiger partial charge in [-0.2, -0.15) is 8.78 Å². The van der Waals surface area contributed by atoms with Crippen LogP contribution in [-0.4, -0.2) is 41.5 Å². The van der Waals surface area contributed by atoms with Crippen molar-refractivity contribution in [3.8, 4) is 5.75 Å². The standard InChI is InChI=1S/2C18H27N.C6H2BF5O3/c2*1-4-10-16(11-5-1)19(17-12-6-2-7-13-17)18-14-8-3-9-15-18;8-1-2(9)4(11)6(15-7(13)14)5(12)3(1)10/h2*1,4-5,10-11,17-18H,2-3,6-9,12-15H2;13-14H. The van der Waals surface area contributed by atoms with Gasteiger partial charge in [-0.25, -0.2) is 13.2 Å². The van der Waals surface area contributed by atoms with Gasteiger partial charge >= 0.3 is 7.32 Å². The molecule has 0 unspecified atom stereocenters. The molecule has 2 N–H and O–H groups in total. The van der Waals surface area contributed by atoms with E-state index in [1.165, 1.54) is 140 Å². The Balaban J connectivity index is 0.000000155. The first-order chi connectivity index (χ1) is 25.8. The van der Waals surface area contributed by atoms with E-state index < -0.39 is 42.2 Å². The van der Waals surface area contributed by atoms with Crippen LogP contribution in [0.4, 0.5) is 33.3 Å². The summed E-state index contributed by atoms with van der Waals surface area (Å²) in [6.45, 7) is 0. The number of para-hydroxylation sites is 2. The van der Waals surface area contributed by atoms with Crippen molar-refractivity contribution in [3.05, 3.63) is 89.7 Å². The third-order valence-corrected chi connectivity index (χ3v) is 11.4. The van der Waals surface area contributed by atoms with E-state index in [0.29, 0.717) is 0 Å². The minimum absolute atomic E-state index is 0.805. The van der Waals surface area contributed by atoms with E-state index in [-0.39, 0.29) is 0 Å². The number of hydrogen-bond donors (Lipinski definition) is 2. The highest BCUT2D eigenvalue weighted by molar-refractivity contribution is 6.33. The van der Waals surface area contributed by atoms with Crippen molar-refractivity contribution in [3.63, 3.8) is 0 Å². The van der Waals surface area contributed by atoms with Crippen molar-refractivity contribution in [1.29, 1.82) is 0 Å². The molecule has 0 atom stereocenters. The molecule has 4 aliphatic carbocycles. The summed E-state index contributed by atoms with van der Waals surface area (Å²) < 4.78 is 66.3. The maximum absolute atomic E-state index is 12.7. The summed E-state index contributed by atoms with van der Waals surface area (Å²) in [4.78, 5) is 5.61. The molecule has 0 radical (unpaired) electrons. The summed E-state index contributed by atoms with van der Waals surface area (Å²) in [5, 5.41) is 16.3. The molecule has 0 aromatic heterocycles. The van der Waals surface area contributed by atoms with Gasteiger partial charge < -0.3 is 24.5 Å². The monoisotopic (exact) mass is 742 g/mol. The van der Waals surface area contributed by atoms with Crippen LogP contribution in [0.25, 0.3) is 0 Å². The Bertz CT molecular complexity index is 1360. The van der Waals surface area contributed by atoms with Gasteiger partial charge in [0.25, 0.3) is 0 Å². The molecule has 53 heavy (non-hydrogen) atoms. The van der Waals surface area contributed by atoms with Crippen LogP contribution in [0.1, 0.15) is 128 Å². The van der Waals surface area contributed by atoms with Crippen molar-refractivity contribution < 1.29 is 36.7 Å². The second-order valence-corrected chi connectivity index (χ2v) is 15.0. The molecule has 11 heteroatoms. The van der Waals surface area contributed by atoms with E-state index in [2.05, 4.69) is 75.1 Å². The molecule has 5 nitrogen and oxygen atoms in total. The number of benzene rings is 3. The largest absolute Gasteiger partial charge is 0.707 e. The van der Waals surface area contributed by atoms with Gasteiger partial charge in [0.05, 0.1) is 0 Å². The molecule has 7 rings (SSSR count). The smallest absolute Gasteiger partial charge is 0.507 e. The van der Waals surface area contributed by atoms with Crippen LogP contribution in [0, 0.1) is 29.1 Å². The lowest BCUT2D eigenvalue weighted by atomic mass is 9.88. The maximum Gasteiger partial charge on any atom is 0.707 e. The summed E-state index contributed by atoms with van der Waals surface area (Å²) in [5.74, 6) is -13.1. The first-order valence-electron chi connectivity index (χ1n) is 20.0. The lowest BCUT2D eigenvalue weighted by Crippen LogP contribution is -2.45. The van der Waals surface area contributed by atoms with Crippen LogP contribution >= 0.6 is 0 Å². The van der Waals surface area contributed by atoms with Crippen LogP contribution in [0.2, 0.25) is 0 Å².